The zero-order chi connectivity index (χ0) is 17.2. The number of para-hydroxylation sites is 2. The first kappa shape index (κ1) is 15.9. The molecule has 3 heterocycles. The van der Waals surface area contributed by atoms with Gasteiger partial charge in [-0.2, -0.15) is 5.10 Å². The van der Waals surface area contributed by atoms with Gasteiger partial charge in [0, 0.05) is 37.3 Å². The predicted octanol–water partition coefficient (Wildman–Crippen LogP) is 2.73. The van der Waals surface area contributed by atoms with E-state index in [9.17, 15) is 4.79 Å². The molecule has 4 rings (SSSR count). The van der Waals surface area contributed by atoms with Gasteiger partial charge in [-0.05, 0) is 31.0 Å². The minimum absolute atomic E-state index is 0.169. The molecule has 1 N–H and O–H groups in total. The van der Waals surface area contributed by atoms with Gasteiger partial charge in [0.1, 0.15) is 12.4 Å². The van der Waals surface area contributed by atoms with E-state index in [0.717, 1.165) is 54.9 Å². The maximum atomic E-state index is 12.9. The number of aromatic nitrogens is 4. The van der Waals surface area contributed by atoms with E-state index in [0.29, 0.717) is 12.5 Å². The number of aryl methyl sites for hydroxylation is 1. The van der Waals surface area contributed by atoms with Crippen LogP contribution < -0.4 is 0 Å². The summed E-state index contributed by atoms with van der Waals surface area (Å²) in [5, 5.41) is 7.10. The number of piperidine rings is 1. The monoisotopic (exact) mass is 337 g/mol. The quantitative estimate of drug-likeness (QED) is 0.796. The van der Waals surface area contributed by atoms with Gasteiger partial charge in [-0.15, -0.1) is 0 Å². The molecule has 0 bridgehead atoms. The maximum absolute atomic E-state index is 12.9. The van der Waals surface area contributed by atoms with E-state index in [-0.39, 0.29) is 5.91 Å². The Labute approximate surface area is 146 Å². The van der Waals surface area contributed by atoms with Gasteiger partial charge in [0.15, 0.2) is 0 Å². The Morgan fingerprint density at radius 3 is 3.00 bits per heavy atom. The summed E-state index contributed by atoms with van der Waals surface area (Å²) >= 11 is 0. The molecule has 0 aliphatic carbocycles. The van der Waals surface area contributed by atoms with E-state index in [2.05, 4.69) is 26.7 Å². The summed E-state index contributed by atoms with van der Waals surface area (Å²) in [6, 6.07) is 10.0. The van der Waals surface area contributed by atoms with Crippen LogP contribution in [0.1, 0.15) is 37.2 Å². The zero-order valence-electron chi connectivity index (χ0n) is 14.5. The Balaban J connectivity index is 1.54. The smallest absolute Gasteiger partial charge is 0.242 e. The number of nitrogens with zero attached hydrogens (tertiary/aromatic N) is 4. The van der Waals surface area contributed by atoms with Crippen molar-refractivity contribution in [1.29, 1.82) is 0 Å². The van der Waals surface area contributed by atoms with Crippen molar-refractivity contribution in [3.63, 3.8) is 0 Å². The number of fused-ring (bicyclic) bond motifs is 1. The molecule has 2 aromatic heterocycles. The normalized spacial score (nSPS) is 18.0. The Kier molecular flexibility index (Phi) is 4.26. The molecular weight excluding hydrogens is 314 g/mol. The summed E-state index contributed by atoms with van der Waals surface area (Å²) < 4.78 is 2.07. The fraction of sp³-hybridized carbons (Fsp3) is 0.421. The number of benzene rings is 1. The lowest BCUT2D eigenvalue weighted by atomic mass is 9.95. The average molecular weight is 337 g/mol. The van der Waals surface area contributed by atoms with Crippen molar-refractivity contribution in [1.82, 2.24) is 24.6 Å². The van der Waals surface area contributed by atoms with Crippen LogP contribution in [0.4, 0.5) is 0 Å². The summed E-state index contributed by atoms with van der Waals surface area (Å²) in [5.74, 6) is 1.49. The molecule has 6 heteroatoms. The largest absolute Gasteiger partial charge is 0.340 e. The van der Waals surface area contributed by atoms with Crippen molar-refractivity contribution >= 4 is 16.9 Å². The summed E-state index contributed by atoms with van der Waals surface area (Å²) in [6.07, 6.45) is 4.72. The van der Waals surface area contributed by atoms with E-state index < -0.39 is 0 Å². The Hall–Kier alpha value is -2.63. The lowest BCUT2D eigenvalue weighted by Gasteiger charge is -2.32. The second-order valence-electron chi connectivity index (χ2n) is 6.65. The molecule has 0 saturated carbocycles. The topological polar surface area (TPSA) is 66.8 Å². The lowest BCUT2D eigenvalue weighted by molar-refractivity contribution is -0.133. The zero-order valence-corrected chi connectivity index (χ0v) is 14.5. The fourth-order valence-corrected chi connectivity index (χ4v) is 3.76. The van der Waals surface area contributed by atoms with Gasteiger partial charge in [-0.25, -0.2) is 4.98 Å². The molecule has 130 valence electrons. The van der Waals surface area contributed by atoms with Crippen molar-refractivity contribution < 1.29 is 4.79 Å². The number of nitrogens with one attached hydrogen (secondary N) is 1. The highest BCUT2D eigenvalue weighted by atomic mass is 16.2. The first-order valence-electron chi connectivity index (χ1n) is 8.97. The molecule has 6 nitrogen and oxygen atoms in total. The van der Waals surface area contributed by atoms with Crippen LogP contribution in [0.15, 0.2) is 36.5 Å². The number of amides is 1. The highest BCUT2D eigenvalue weighted by molar-refractivity contribution is 5.81. The first-order chi connectivity index (χ1) is 12.3. The minimum Gasteiger partial charge on any atom is -0.340 e. The number of likely N-dealkylation sites (tertiary alicyclic amines) is 1. The van der Waals surface area contributed by atoms with Crippen molar-refractivity contribution in [2.75, 3.05) is 13.1 Å². The number of carbonyl (C=O) groups excluding carboxylic acids is 1. The number of imidazole rings is 1. The Morgan fingerprint density at radius 1 is 1.32 bits per heavy atom. The SMILES string of the molecule is CCc1nc2ccccc2n1CC(=O)N1CCC[C@@H](c2ccn[nH]2)C1. The number of hydrogen-bond donors (Lipinski definition) is 1. The summed E-state index contributed by atoms with van der Waals surface area (Å²) in [6.45, 7) is 4.03. The standard InChI is InChI=1S/C19H23N5O/c1-2-18-21-16-7-3-4-8-17(16)24(18)13-19(25)23-11-5-6-14(12-23)15-9-10-20-22-15/h3-4,7-10,14H,2,5-6,11-13H2,1H3,(H,20,22)/t14-/m1/s1. The third-order valence-electron chi connectivity index (χ3n) is 5.08. The maximum Gasteiger partial charge on any atom is 0.242 e. The van der Waals surface area contributed by atoms with Crippen molar-refractivity contribution in [2.24, 2.45) is 0 Å². The van der Waals surface area contributed by atoms with Crippen LogP contribution in [0.3, 0.4) is 0 Å². The molecule has 1 saturated heterocycles. The summed E-state index contributed by atoms with van der Waals surface area (Å²) in [4.78, 5) is 19.6. The van der Waals surface area contributed by atoms with E-state index in [1.54, 1.807) is 6.20 Å². The van der Waals surface area contributed by atoms with Crippen LogP contribution in [0, 0.1) is 0 Å². The van der Waals surface area contributed by atoms with Gasteiger partial charge < -0.3 is 9.47 Å². The lowest BCUT2D eigenvalue weighted by Crippen LogP contribution is -2.41. The second-order valence-corrected chi connectivity index (χ2v) is 6.65. The average Bonchev–Trinajstić information content (AvgIpc) is 3.30. The summed E-state index contributed by atoms with van der Waals surface area (Å²) in [7, 11) is 0. The third-order valence-corrected chi connectivity index (χ3v) is 5.08. The molecule has 1 atom stereocenters. The van der Waals surface area contributed by atoms with Gasteiger partial charge in [0.25, 0.3) is 0 Å². The fourth-order valence-electron chi connectivity index (χ4n) is 3.76. The summed E-state index contributed by atoms with van der Waals surface area (Å²) in [5.41, 5.74) is 3.12. The molecule has 1 fully saturated rings. The number of aromatic amines is 1. The Bertz CT molecular complexity index is 867. The number of carbonyl (C=O) groups is 1. The third kappa shape index (κ3) is 3.04. The second kappa shape index (κ2) is 6.70. The molecule has 0 radical (unpaired) electrons. The van der Waals surface area contributed by atoms with Gasteiger partial charge in [0.2, 0.25) is 5.91 Å². The number of H-pyrrole nitrogens is 1. The molecule has 1 amide bonds. The van der Waals surface area contributed by atoms with Crippen LogP contribution in [-0.4, -0.2) is 43.6 Å². The Morgan fingerprint density at radius 2 is 2.20 bits per heavy atom. The molecule has 0 spiro atoms. The van der Waals surface area contributed by atoms with Crippen LogP contribution >= 0.6 is 0 Å². The molecule has 25 heavy (non-hydrogen) atoms. The number of rotatable bonds is 4. The van der Waals surface area contributed by atoms with Gasteiger partial charge in [-0.3, -0.25) is 9.89 Å². The van der Waals surface area contributed by atoms with Gasteiger partial charge in [-0.1, -0.05) is 19.1 Å². The van der Waals surface area contributed by atoms with Crippen LogP contribution in [0.5, 0.6) is 0 Å². The van der Waals surface area contributed by atoms with Crippen LogP contribution in [0.2, 0.25) is 0 Å². The van der Waals surface area contributed by atoms with E-state index >= 15 is 0 Å². The molecule has 0 unspecified atom stereocenters. The van der Waals surface area contributed by atoms with Gasteiger partial charge in [0.05, 0.1) is 11.0 Å². The van der Waals surface area contributed by atoms with Crippen molar-refractivity contribution in [3.8, 4) is 0 Å². The molecular formula is C19H23N5O. The molecule has 1 aromatic carbocycles. The van der Waals surface area contributed by atoms with E-state index in [1.165, 1.54) is 0 Å². The van der Waals surface area contributed by atoms with E-state index in [4.69, 9.17) is 0 Å². The van der Waals surface area contributed by atoms with Crippen molar-refractivity contribution in [2.45, 2.75) is 38.6 Å². The minimum atomic E-state index is 0.169. The van der Waals surface area contributed by atoms with E-state index in [1.807, 2.05) is 35.2 Å². The van der Waals surface area contributed by atoms with Crippen molar-refractivity contribution in [3.05, 3.63) is 48.0 Å². The molecule has 1 aliphatic heterocycles. The van der Waals surface area contributed by atoms with Crippen LogP contribution in [0.25, 0.3) is 11.0 Å². The van der Waals surface area contributed by atoms with Gasteiger partial charge >= 0.3 is 0 Å². The number of hydrogen-bond acceptors (Lipinski definition) is 3. The highest BCUT2D eigenvalue weighted by Gasteiger charge is 2.26. The van der Waals surface area contributed by atoms with Crippen LogP contribution in [-0.2, 0) is 17.8 Å². The highest BCUT2D eigenvalue weighted by Crippen LogP contribution is 2.26. The predicted molar refractivity (Wildman–Crippen MR) is 96.3 cm³/mol. The molecule has 3 aromatic rings. The first-order valence-corrected chi connectivity index (χ1v) is 8.97. The molecule has 1 aliphatic rings.